The number of halogens is 1. The van der Waals surface area contributed by atoms with Gasteiger partial charge in [-0.2, -0.15) is 0 Å². The molecule has 0 saturated carbocycles. The van der Waals surface area contributed by atoms with Crippen LogP contribution in [0.5, 0.6) is 0 Å². The number of oxime groups is 2. The fourth-order valence-corrected chi connectivity index (χ4v) is 2.68. The van der Waals surface area contributed by atoms with Gasteiger partial charge in [0.1, 0.15) is 18.6 Å². The van der Waals surface area contributed by atoms with Crippen LogP contribution in [0, 0.1) is 5.82 Å². The van der Waals surface area contributed by atoms with Gasteiger partial charge in [-0.05, 0) is 44.2 Å². The Kier molecular flexibility index (Phi) is 8.14. The topological polar surface area (TPSA) is 72.7 Å². The normalized spacial score (nSPS) is 12.5. The van der Waals surface area contributed by atoms with E-state index in [1.54, 1.807) is 12.1 Å². The minimum atomic E-state index is -0.460. The zero-order valence-electron chi connectivity index (χ0n) is 16.8. The molecule has 7 nitrogen and oxygen atoms in total. The number of anilines is 1. The zero-order chi connectivity index (χ0) is 21.2. The first-order valence-electron chi connectivity index (χ1n) is 9.02. The summed E-state index contributed by atoms with van der Waals surface area (Å²) < 4.78 is 18.0. The molecule has 0 fully saturated rings. The average Bonchev–Trinajstić information content (AvgIpc) is 2.74. The summed E-state index contributed by atoms with van der Waals surface area (Å²) in [4.78, 5) is 24.0. The van der Waals surface area contributed by atoms with Gasteiger partial charge in [-0.25, -0.2) is 9.18 Å². The van der Waals surface area contributed by atoms with Crippen LogP contribution in [0.4, 0.5) is 14.9 Å². The van der Waals surface area contributed by atoms with Gasteiger partial charge in [-0.1, -0.05) is 28.5 Å². The predicted molar refractivity (Wildman–Crippen MR) is 110 cm³/mol. The van der Waals surface area contributed by atoms with Crippen LogP contribution in [0.2, 0.25) is 0 Å². The van der Waals surface area contributed by atoms with Crippen LogP contribution in [-0.2, 0) is 14.4 Å². The molecule has 8 heteroatoms. The maximum atomic E-state index is 13.1. The van der Waals surface area contributed by atoms with Crippen molar-refractivity contribution in [3.63, 3.8) is 0 Å². The minimum Gasteiger partial charge on any atom is -0.452 e. The molecular formula is C21H24FN3O4. The summed E-state index contributed by atoms with van der Waals surface area (Å²) in [6.07, 6.45) is 0.466. The summed E-state index contributed by atoms with van der Waals surface area (Å²) in [6, 6.07) is 13.1. The van der Waals surface area contributed by atoms with Crippen LogP contribution >= 0.6 is 0 Å². The van der Waals surface area contributed by atoms with E-state index in [1.807, 2.05) is 38.1 Å². The van der Waals surface area contributed by atoms with E-state index in [2.05, 4.69) is 10.3 Å². The third-order valence-electron chi connectivity index (χ3n) is 4.10. The molecule has 0 aliphatic rings. The molecule has 0 N–H and O–H groups in total. The van der Waals surface area contributed by atoms with E-state index in [0.29, 0.717) is 23.5 Å². The number of amides is 1. The largest absolute Gasteiger partial charge is 0.452 e. The van der Waals surface area contributed by atoms with Crippen LogP contribution in [0.15, 0.2) is 58.8 Å². The Bertz CT molecular complexity index is 868. The first kappa shape index (κ1) is 21.9. The van der Waals surface area contributed by atoms with Crippen molar-refractivity contribution < 1.29 is 23.6 Å². The summed E-state index contributed by atoms with van der Waals surface area (Å²) in [6.45, 7) is 4.11. The number of methoxy groups -OCH3 is 1. The summed E-state index contributed by atoms with van der Waals surface area (Å²) in [5.74, 6) is -0.352. The van der Waals surface area contributed by atoms with Crippen LogP contribution in [0.1, 0.15) is 31.1 Å². The fourth-order valence-electron chi connectivity index (χ4n) is 2.68. The van der Waals surface area contributed by atoms with Gasteiger partial charge in [0.05, 0.1) is 19.0 Å². The van der Waals surface area contributed by atoms with Crippen LogP contribution in [-0.4, -0.2) is 38.8 Å². The van der Waals surface area contributed by atoms with E-state index in [1.165, 1.54) is 37.5 Å². The molecule has 0 saturated heterocycles. The number of rotatable bonds is 8. The quantitative estimate of drug-likeness (QED) is 0.481. The molecule has 1 atom stereocenters. The lowest BCUT2D eigenvalue weighted by atomic mass is 10.1. The lowest BCUT2D eigenvalue weighted by Gasteiger charge is -2.24. The lowest BCUT2D eigenvalue weighted by Crippen LogP contribution is -2.31. The van der Waals surface area contributed by atoms with Gasteiger partial charge in [0, 0.05) is 17.7 Å². The van der Waals surface area contributed by atoms with Crippen LogP contribution in [0.25, 0.3) is 0 Å². The van der Waals surface area contributed by atoms with Gasteiger partial charge < -0.3 is 14.4 Å². The van der Waals surface area contributed by atoms with Gasteiger partial charge in [0.15, 0.2) is 6.10 Å². The summed E-state index contributed by atoms with van der Waals surface area (Å²) in [7, 11) is 2.74. The SMILES string of the molecule is CCN(C(=O)OC)c1ccccc1C(C)ON=CC(=NOC)c1ccc(F)cc1. The molecule has 154 valence electrons. The molecule has 0 bridgehead atoms. The predicted octanol–water partition coefficient (Wildman–Crippen LogP) is 4.53. The molecule has 2 aromatic carbocycles. The molecule has 0 aliphatic carbocycles. The van der Waals surface area contributed by atoms with Gasteiger partial charge in [0.25, 0.3) is 0 Å². The Morgan fingerprint density at radius 3 is 2.48 bits per heavy atom. The van der Waals surface area contributed by atoms with Gasteiger partial charge >= 0.3 is 6.09 Å². The smallest absolute Gasteiger partial charge is 0.413 e. The maximum absolute atomic E-state index is 13.1. The number of hydrogen-bond donors (Lipinski definition) is 0. The molecule has 1 unspecified atom stereocenters. The molecule has 0 radical (unpaired) electrons. The number of para-hydroxylation sites is 1. The fraction of sp³-hybridized carbons (Fsp3) is 0.286. The number of hydrogen-bond acceptors (Lipinski definition) is 6. The monoisotopic (exact) mass is 401 g/mol. The highest BCUT2D eigenvalue weighted by Crippen LogP contribution is 2.29. The van der Waals surface area contributed by atoms with Crippen LogP contribution < -0.4 is 4.90 Å². The molecule has 0 heterocycles. The van der Waals surface area contributed by atoms with Crippen molar-refractivity contribution in [3.8, 4) is 0 Å². The second-order valence-electron chi connectivity index (χ2n) is 5.92. The number of benzene rings is 2. The molecule has 2 aromatic rings. The first-order chi connectivity index (χ1) is 14.0. The van der Waals surface area contributed by atoms with E-state index in [9.17, 15) is 9.18 Å². The third-order valence-corrected chi connectivity index (χ3v) is 4.10. The zero-order valence-corrected chi connectivity index (χ0v) is 16.8. The number of carbonyl (C=O) groups excluding carboxylic acids is 1. The Morgan fingerprint density at radius 2 is 1.86 bits per heavy atom. The summed E-state index contributed by atoms with van der Waals surface area (Å²) >= 11 is 0. The highest BCUT2D eigenvalue weighted by Gasteiger charge is 2.20. The van der Waals surface area contributed by atoms with Crippen molar-refractivity contribution in [3.05, 3.63) is 65.5 Å². The Hall–Kier alpha value is -3.42. The second kappa shape index (κ2) is 10.8. The summed E-state index contributed by atoms with van der Waals surface area (Å²) in [5.41, 5.74) is 2.44. The van der Waals surface area contributed by atoms with Crippen LogP contribution in [0.3, 0.4) is 0 Å². The highest BCUT2D eigenvalue weighted by atomic mass is 19.1. The van der Waals surface area contributed by atoms with Crippen molar-refractivity contribution in [1.82, 2.24) is 0 Å². The minimum absolute atomic E-state index is 0.352. The van der Waals surface area contributed by atoms with E-state index >= 15 is 0 Å². The Morgan fingerprint density at radius 1 is 1.17 bits per heavy atom. The summed E-state index contributed by atoms with van der Waals surface area (Å²) in [5, 5.41) is 7.87. The number of ether oxygens (including phenoxy) is 1. The second-order valence-corrected chi connectivity index (χ2v) is 5.92. The molecule has 0 aromatic heterocycles. The van der Waals surface area contributed by atoms with Crippen molar-refractivity contribution in [2.24, 2.45) is 10.3 Å². The van der Waals surface area contributed by atoms with E-state index in [0.717, 1.165) is 5.56 Å². The Labute approximate surface area is 169 Å². The number of nitrogens with zero attached hydrogens (tertiary/aromatic N) is 3. The molecule has 2 rings (SSSR count). The van der Waals surface area contributed by atoms with Gasteiger partial charge in [-0.15, -0.1) is 0 Å². The van der Waals surface area contributed by atoms with Crippen molar-refractivity contribution in [2.75, 3.05) is 25.7 Å². The number of carbonyl (C=O) groups is 1. The van der Waals surface area contributed by atoms with E-state index in [4.69, 9.17) is 14.4 Å². The van der Waals surface area contributed by atoms with E-state index < -0.39 is 12.2 Å². The molecular weight excluding hydrogens is 377 g/mol. The molecule has 0 aliphatic heterocycles. The van der Waals surface area contributed by atoms with E-state index in [-0.39, 0.29) is 5.82 Å². The highest BCUT2D eigenvalue weighted by molar-refractivity contribution is 6.37. The average molecular weight is 401 g/mol. The molecule has 29 heavy (non-hydrogen) atoms. The molecule has 0 spiro atoms. The lowest BCUT2D eigenvalue weighted by molar-refractivity contribution is 0.0741. The van der Waals surface area contributed by atoms with Gasteiger partial charge in [-0.3, -0.25) is 4.90 Å². The third kappa shape index (κ3) is 5.78. The standard InChI is InChI=1S/C21H24FN3O4/c1-5-25(21(26)27-3)20-9-7-6-8-18(20)15(2)29-23-14-19(24-28-4)16-10-12-17(22)13-11-16/h6-15H,5H2,1-4H3. The Balaban J connectivity index is 2.19. The van der Waals surface area contributed by atoms with Crippen molar-refractivity contribution in [1.29, 1.82) is 0 Å². The molecule has 1 amide bonds. The van der Waals surface area contributed by atoms with Crippen molar-refractivity contribution in [2.45, 2.75) is 20.0 Å². The first-order valence-corrected chi connectivity index (χ1v) is 9.02. The van der Waals surface area contributed by atoms with Crippen molar-refractivity contribution >= 4 is 23.7 Å². The maximum Gasteiger partial charge on any atom is 0.413 e. The van der Waals surface area contributed by atoms with Gasteiger partial charge in [0.2, 0.25) is 0 Å².